The number of nitrogens with zero attached hydrogens (tertiary/aromatic N) is 2. The molecule has 1 amide bonds. The van der Waals surface area contributed by atoms with E-state index in [4.69, 9.17) is 4.74 Å². The average molecular weight is 345 g/mol. The van der Waals surface area contributed by atoms with Crippen molar-refractivity contribution in [1.82, 2.24) is 15.1 Å². The molecule has 0 radical (unpaired) electrons. The van der Waals surface area contributed by atoms with E-state index in [1.807, 2.05) is 18.2 Å². The number of amides is 1. The predicted octanol–water partition coefficient (Wildman–Crippen LogP) is 1.74. The van der Waals surface area contributed by atoms with Gasteiger partial charge in [0.25, 0.3) is 0 Å². The van der Waals surface area contributed by atoms with E-state index >= 15 is 0 Å². The summed E-state index contributed by atoms with van der Waals surface area (Å²) in [4.78, 5) is 17.7. The molecule has 0 spiro atoms. The first-order valence-electron chi connectivity index (χ1n) is 9.59. The van der Waals surface area contributed by atoms with Crippen LogP contribution in [0.25, 0.3) is 0 Å². The number of carbonyl (C=O) groups excluding carboxylic acids is 1. The summed E-state index contributed by atoms with van der Waals surface area (Å²) in [7, 11) is 0. The molecule has 2 fully saturated rings. The van der Waals surface area contributed by atoms with Crippen molar-refractivity contribution in [3.05, 3.63) is 35.9 Å². The second kappa shape index (κ2) is 9.32. The maximum atomic E-state index is 13.2. The van der Waals surface area contributed by atoms with Crippen LogP contribution in [-0.2, 0) is 16.1 Å². The Balaban J connectivity index is 1.69. The van der Waals surface area contributed by atoms with Gasteiger partial charge in [0.05, 0.1) is 19.1 Å². The zero-order valence-electron chi connectivity index (χ0n) is 15.3. The van der Waals surface area contributed by atoms with Gasteiger partial charge in [0, 0.05) is 38.8 Å². The van der Waals surface area contributed by atoms with Crippen molar-refractivity contribution in [3.63, 3.8) is 0 Å². The van der Waals surface area contributed by atoms with Crippen molar-refractivity contribution >= 4 is 5.91 Å². The average Bonchev–Trinajstić information content (AvgIpc) is 2.68. The summed E-state index contributed by atoms with van der Waals surface area (Å²) in [6, 6.07) is 10.5. The topological polar surface area (TPSA) is 44.8 Å². The molecular formula is C20H31N3O2. The van der Waals surface area contributed by atoms with Crippen molar-refractivity contribution in [3.8, 4) is 0 Å². The van der Waals surface area contributed by atoms with Gasteiger partial charge in [0.15, 0.2) is 0 Å². The standard InChI is InChI=1S/C20H31N3O2/c1-17(15-22-10-12-25-13-11-22)23(16-18-6-3-2-4-7-18)20(24)19-8-5-9-21-14-19/h2-4,6-7,17,19,21H,5,8-16H2,1H3/t17-,19+/m1/s1. The molecule has 1 aromatic rings. The van der Waals surface area contributed by atoms with Gasteiger partial charge in [0.1, 0.15) is 0 Å². The molecule has 0 bridgehead atoms. The van der Waals surface area contributed by atoms with Crippen LogP contribution < -0.4 is 5.32 Å². The monoisotopic (exact) mass is 345 g/mol. The van der Waals surface area contributed by atoms with Crippen LogP contribution in [0.1, 0.15) is 25.3 Å². The summed E-state index contributed by atoms with van der Waals surface area (Å²) in [5.41, 5.74) is 1.20. The van der Waals surface area contributed by atoms with Crippen molar-refractivity contribution in [2.24, 2.45) is 5.92 Å². The van der Waals surface area contributed by atoms with Crippen LogP contribution in [0, 0.1) is 5.92 Å². The fourth-order valence-corrected chi connectivity index (χ4v) is 3.78. The molecule has 5 heteroatoms. The van der Waals surface area contributed by atoms with Crippen LogP contribution in [0.2, 0.25) is 0 Å². The third-order valence-electron chi connectivity index (χ3n) is 5.28. The van der Waals surface area contributed by atoms with E-state index in [-0.39, 0.29) is 12.0 Å². The van der Waals surface area contributed by atoms with Crippen molar-refractivity contribution < 1.29 is 9.53 Å². The molecule has 0 saturated carbocycles. The molecule has 0 aromatic heterocycles. The third kappa shape index (κ3) is 5.27. The normalized spacial score (nSPS) is 23.2. The maximum absolute atomic E-state index is 13.2. The molecule has 138 valence electrons. The van der Waals surface area contributed by atoms with Gasteiger partial charge >= 0.3 is 0 Å². The Morgan fingerprint density at radius 1 is 1.32 bits per heavy atom. The maximum Gasteiger partial charge on any atom is 0.227 e. The fraction of sp³-hybridized carbons (Fsp3) is 0.650. The second-order valence-corrected chi connectivity index (χ2v) is 7.26. The lowest BCUT2D eigenvalue weighted by Crippen LogP contribution is -2.51. The van der Waals surface area contributed by atoms with Crippen LogP contribution in [0.3, 0.4) is 0 Å². The van der Waals surface area contributed by atoms with E-state index in [1.54, 1.807) is 0 Å². The number of hydrogen-bond donors (Lipinski definition) is 1. The lowest BCUT2D eigenvalue weighted by Gasteiger charge is -2.37. The second-order valence-electron chi connectivity index (χ2n) is 7.26. The Labute approximate surface area is 151 Å². The van der Waals surface area contributed by atoms with Crippen LogP contribution in [0.5, 0.6) is 0 Å². The highest BCUT2D eigenvalue weighted by atomic mass is 16.5. The quantitative estimate of drug-likeness (QED) is 0.853. The minimum absolute atomic E-state index is 0.115. The zero-order valence-corrected chi connectivity index (χ0v) is 15.3. The lowest BCUT2D eigenvalue weighted by atomic mass is 9.97. The number of piperidine rings is 1. The van der Waals surface area contributed by atoms with Gasteiger partial charge in [-0.2, -0.15) is 0 Å². The molecule has 1 N–H and O–H groups in total. The molecule has 0 unspecified atom stereocenters. The molecule has 2 aliphatic heterocycles. The van der Waals surface area contributed by atoms with Gasteiger partial charge in [-0.15, -0.1) is 0 Å². The minimum Gasteiger partial charge on any atom is -0.379 e. The van der Waals surface area contributed by atoms with Gasteiger partial charge in [0.2, 0.25) is 5.91 Å². The third-order valence-corrected chi connectivity index (χ3v) is 5.28. The molecular weight excluding hydrogens is 314 g/mol. The highest BCUT2D eigenvalue weighted by molar-refractivity contribution is 5.79. The molecule has 2 heterocycles. The Bertz CT molecular complexity index is 525. The molecule has 5 nitrogen and oxygen atoms in total. The number of morpholine rings is 1. The van der Waals surface area contributed by atoms with E-state index in [0.717, 1.165) is 58.8 Å². The smallest absolute Gasteiger partial charge is 0.227 e. The summed E-state index contributed by atoms with van der Waals surface area (Å²) in [5, 5.41) is 3.38. The summed E-state index contributed by atoms with van der Waals surface area (Å²) in [6.07, 6.45) is 2.09. The van der Waals surface area contributed by atoms with Crippen LogP contribution in [-0.4, -0.2) is 67.7 Å². The molecule has 3 rings (SSSR count). The summed E-state index contributed by atoms with van der Waals surface area (Å²) in [5.74, 6) is 0.418. The van der Waals surface area contributed by atoms with Gasteiger partial charge in [-0.1, -0.05) is 30.3 Å². The largest absolute Gasteiger partial charge is 0.379 e. The lowest BCUT2D eigenvalue weighted by molar-refractivity contribution is -0.139. The minimum atomic E-state index is 0.115. The van der Waals surface area contributed by atoms with Crippen molar-refractivity contribution in [2.45, 2.75) is 32.4 Å². The first kappa shape index (κ1) is 18.4. The van der Waals surface area contributed by atoms with E-state index in [9.17, 15) is 4.79 Å². The SMILES string of the molecule is C[C@H](CN1CCOCC1)N(Cc1ccccc1)C(=O)[C@H]1CCCNC1. The summed E-state index contributed by atoms with van der Waals surface area (Å²) >= 11 is 0. The highest BCUT2D eigenvalue weighted by Gasteiger charge is 2.30. The molecule has 2 aliphatic rings. The molecule has 2 atom stereocenters. The number of rotatable bonds is 6. The molecule has 0 aliphatic carbocycles. The van der Waals surface area contributed by atoms with Crippen molar-refractivity contribution in [1.29, 1.82) is 0 Å². The number of hydrogen-bond acceptors (Lipinski definition) is 4. The van der Waals surface area contributed by atoms with E-state index in [1.165, 1.54) is 5.56 Å². The van der Waals surface area contributed by atoms with Crippen LogP contribution >= 0.6 is 0 Å². The summed E-state index contributed by atoms with van der Waals surface area (Å²) < 4.78 is 5.45. The Morgan fingerprint density at radius 2 is 2.08 bits per heavy atom. The zero-order chi connectivity index (χ0) is 17.5. The molecule has 2 saturated heterocycles. The number of carbonyl (C=O) groups is 1. The van der Waals surface area contributed by atoms with Gasteiger partial charge in [-0.25, -0.2) is 0 Å². The van der Waals surface area contributed by atoms with Crippen LogP contribution in [0.15, 0.2) is 30.3 Å². The Morgan fingerprint density at radius 3 is 2.76 bits per heavy atom. The Hall–Kier alpha value is -1.43. The summed E-state index contributed by atoms with van der Waals surface area (Å²) in [6.45, 7) is 9.17. The van der Waals surface area contributed by atoms with E-state index < -0.39 is 0 Å². The van der Waals surface area contributed by atoms with Gasteiger partial charge < -0.3 is 15.0 Å². The fourth-order valence-electron chi connectivity index (χ4n) is 3.78. The van der Waals surface area contributed by atoms with E-state index in [0.29, 0.717) is 12.5 Å². The van der Waals surface area contributed by atoms with Crippen molar-refractivity contribution in [2.75, 3.05) is 45.9 Å². The number of benzene rings is 1. The van der Waals surface area contributed by atoms with E-state index in [2.05, 4.69) is 34.2 Å². The van der Waals surface area contributed by atoms with Gasteiger partial charge in [-0.3, -0.25) is 9.69 Å². The van der Waals surface area contributed by atoms with Crippen LogP contribution in [0.4, 0.5) is 0 Å². The molecule has 25 heavy (non-hydrogen) atoms. The predicted molar refractivity (Wildman–Crippen MR) is 99.3 cm³/mol. The first-order valence-corrected chi connectivity index (χ1v) is 9.59. The van der Waals surface area contributed by atoms with Gasteiger partial charge in [-0.05, 0) is 31.9 Å². The number of ether oxygens (including phenoxy) is 1. The first-order chi connectivity index (χ1) is 12.2. The number of nitrogens with one attached hydrogen (secondary N) is 1. The highest BCUT2D eigenvalue weighted by Crippen LogP contribution is 2.19. The molecule has 1 aromatic carbocycles. The Kier molecular flexibility index (Phi) is 6.84.